The Hall–Kier alpha value is -0.900. The average molecular weight is 211 g/mol. The summed E-state index contributed by atoms with van der Waals surface area (Å²) in [4.78, 5) is 11.5. The van der Waals surface area contributed by atoms with Crippen LogP contribution in [-0.2, 0) is 16.4 Å². The fourth-order valence-electron chi connectivity index (χ4n) is 1.67. The van der Waals surface area contributed by atoms with E-state index in [-0.39, 0.29) is 5.97 Å². The van der Waals surface area contributed by atoms with Gasteiger partial charge in [-0.25, -0.2) is 4.79 Å². The Kier molecular flexibility index (Phi) is 2.54. The van der Waals surface area contributed by atoms with Crippen molar-refractivity contribution in [2.24, 2.45) is 0 Å². The molecule has 0 aliphatic carbocycles. The van der Waals surface area contributed by atoms with Crippen LogP contribution in [-0.4, -0.2) is 17.1 Å². The summed E-state index contributed by atoms with van der Waals surface area (Å²) in [6.07, 6.45) is 0. The summed E-state index contributed by atoms with van der Waals surface area (Å²) in [5.74, 6) is 1.76. The van der Waals surface area contributed by atoms with Crippen molar-refractivity contribution in [2.75, 3.05) is 6.61 Å². The van der Waals surface area contributed by atoms with Gasteiger partial charge in [-0.15, -0.1) is 11.8 Å². The number of aromatic nitrogens is 1. The average Bonchev–Trinajstić information content (AvgIpc) is 2.69. The van der Waals surface area contributed by atoms with Gasteiger partial charge in [0.15, 0.2) is 0 Å². The first-order chi connectivity index (χ1) is 6.74. The zero-order chi connectivity index (χ0) is 10.1. The number of carbonyl (C=O) groups is 1. The van der Waals surface area contributed by atoms with Crippen molar-refractivity contribution in [2.45, 2.75) is 25.5 Å². The van der Waals surface area contributed by atoms with E-state index >= 15 is 0 Å². The van der Waals surface area contributed by atoms with Crippen LogP contribution in [0.5, 0.6) is 0 Å². The Morgan fingerprint density at radius 3 is 3.14 bits per heavy atom. The zero-order valence-corrected chi connectivity index (χ0v) is 9.19. The van der Waals surface area contributed by atoms with Crippen LogP contribution in [0.4, 0.5) is 0 Å². The molecule has 0 bridgehead atoms. The minimum Gasteiger partial charge on any atom is -0.462 e. The molecule has 2 heterocycles. The van der Waals surface area contributed by atoms with E-state index < -0.39 is 0 Å². The predicted octanol–water partition coefficient (Wildman–Crippen LogP) is 2.18. The lowest BCUT2D eigenvalue weighted by Crippen LogP contribution is -2.06. The summed E-state index contributed by atoms with van der Waals surface area (Å²) in [6, 6.07) is 1.95. The normalized spacial score (nSPS) is 14.1. The molecule has 0 fully saturated rings. The molecule has 1 aromatic rings. The number of esters is 1. The standard InChI is InChI=1S/C10H13NO2S/c1-3-13-10(12)9-4-8-5-14-6-11(8)7(9)2/h4H,3,5-6H2,1-2H3. The summed E-state index contributed by atoms with van der Waals surface area (Å²) in [5, 5.41) is 0. The number of ether oxygens (including phenoxy) is 1. The van der Waals surface area contributed by atoms with Crippen molar-refractivity contribution in [1.82, 2.24) is 4.57 Å². The number of carbonyl (C=O) groups excluding carboxylic acids is 1. The van der Waals surface area contributed by atoms with Crippen molar-refractivity contribution in [3.8, 4) is 0 Å². The van der Waals surface area contributed by atoms with Gasteiger partial charge in [-0.2, -0.15) is 0 Å². The Bertz CT molecular complexity index is 370. The number of hydrogen-bond acceptors (Lipinski definition) is 3. The molecule has 0 atom stereocenters. The highest BCUT2D eigenvalue weighted by Crippen LogP contribution is 2.29. The van der Waals surface area contributed by atoms with Crippen molar-refractivity contribution in [3.63, 3.8) is 0 Å². The van der Waals surface area contributed by atoms with Gasteiger partial charge in [0.1, 0.15) is 0 Å². The minimum atomic E-state index is -0.197. The van der Waals surface area contributed by atoms with E-state index in [0.717, 1.165) is 22.9 Å². The molecule has 0 saturated heterocycles. The third-order valence-electron chi connectivity index (χ3n) is 2.42. The van der Waals surface area contributed by atoms with Gasteiger partial charge < -0.3 is 9.30 Å². The summed E-state index contributed by atoms with van der Waals surface area (Å²) >= 11 is 1.87. The molecule has 0 radical (unpaired) electrons. The van der Waals surface area contributed by atoms with E-state index in [1.165, 1.54) is 5.69 Å². The molecule has 3 nitrogen and oxygen atoms in total. The molecule has 2 rings (SSSR count). The maximum atomic E-state index is 11.5. The molecule has 1 aliphatic rings. The van der Waals surface area contributed by atoms with Crippen LogP contribution >= 0.6 is 11.8 Å². The molecule has 0 saturated carbocycles. The minimum absolute atomic E-state index is 0.197. The van der Waals surface area contributed by atoms with Gasteiger partial charge in [0.2, 0.25) is 0 Å². The Labute approximate surface area is 87.4 Å². The molecule has 76 valence electrons. The third-order valence-corrected chi connectivity index (χ3v) is 3.36. The molecule has 1 aliphatic heterocycles. The van der Waals surface area contributed by atoms with Gasteiger partial charge in [0.05, 0.1) is 18.0 Å². The smallest absolute Gasteiger partial charge is 0.339 e. The number of fused-ring (bicyclic) bond motifs is 1. The molecule has 0 spiro atoms. The van der Waals surface area contributed by atoms with Gasteiger partial charge in [-0.3, -0.25) is 0 Å². The Balaban J connectivity index is 2.32. The lowest BCUT2D eigenvalue weighted by Gasteiger charge is -2.03. The lowest BCUT2D eigenvalue weighted by molar-refractivity contribution is 0.0525. The quantitative estimate of drug-likeness (QED) is 0.703. The predicted molar refractivity (Wildman–Crippen MR) is 56.4 cm³/mol. The van der Waals surface area contributed by atoms with Crippen molar-refractivity contribution >= 4 is 17.7 Å². The van der Waals surface area contributed by atoms with E-state index in [2.05, 4.69) is 4.57 Å². The molecule has 0 aromatic carbocycles. The topological polar surface area (TPSA) is 31.2 Å². The highest BCUT2D eigenvalue weighted by atomic mass is 32.2. The van der Waals surface area contributed by atoms with Crippen LogP contribution in [0, 0.1) is 6.92 Å². The highest BCUT2D eigenvalue weighted by molar-refractivity contribution is 7.97. The lowest BCUT2D eigenvalue weighted by atomic mass is 10.2. The second-order valence-corrected chi connectivity index (χ2v) is 4.22. The van der Waals surface area contributed by atoms with Crippen LogP contribution in [0.15, 0.2) is 6.07 Å². The second-order valence-electron chi connectivity index (χ2n) is 3.26. The first kappa shape index (κ1) is 9.65. The van der Waals surface area contributed by atoms with Crippen LogP contribution in [0.1, 0.15) is 28.7 Å². The van der Waals surface area contributed by atoms with E-state index in [1.54, 1.807) is 0 Å². The van der Waals surface area contributed by atoms with Crippen LogP contribution in [0.3, 0.4) is 0 Å². The largest absolute Gasteiger partial charge is 0.462 e. The van der Waals surface area contributed by atoms with Crippen LogP contribution in [0.2, 0.25) is 0 Å². The van der Waals surface area contributed by atoms with Gasteiger partial charge in [-0.1, -0.05) is 0 Å². The Morgan fingerprint density at radius 1 is 1.71 bits per heavy atom. The number of rotatable bonds is 2. The molecule has 0 amide bonds. The van der Waals surface area contributed by atoms with Crippen molar-refractivity contribution < 1.29 is 9.53 Å². The number of hydrogen-bond donors (Lipinski definition) is 0. The summed E-state index contributed by atoms with van der Waals surface area (Å²) < 4.78 is 7.16. The first-order valence-electron chi connectivity index (χ1n) is 4.68. The fourth-order valence-corrected chi connectivity index (χ4v) is 2.75. The van der Waals surface area contributed by atoms with E-state index in [1.807, 2.05) is 31.7 Å². The number of thioether (sulfide) groups is 1. The SMILES string of the molecule is CCOC(=O)c1cc2n(c1C)CSC2. The molecule has 4 heteroatoms. The third kappa shape index (κ3) is 1.43. The monoisotopic (exact) mass is 211 g/mol. The highest BCUT2D eigenvalue weighted by Gasteiger charge is 2.21. The fraction of sp³-hybridized carbons (Fsp3) is 0.500. The zero-order valence-electron chi connectivity index (χ0n) is 8.37. The van der Waals surface area contributed by atoms with Crippen LogP contribution < -0.4 is 0 Å². The number of nitrogens with zero attached hydrogens (tertiary/aromatic N) is 1. The van der Waals surface area contributed by atoms with Gasteiger partial charge in [0.25, 0.3) is 0 Å². The summed E-state index contributed by atoms with van der Waals surface area (Å²) in [5.41, 5.74) is 2.99. The van der Waals surface area contributed by atoms with E-state index in [9.17, 15) is 4.79 Å². The molecule has 1 aromatic heterocycles. The molecular formula is C10H13NO2S. The van der Waals surface area contributed by atoms with Crippen molar-refractivity contribution in [1.29, 1.82) is 0 Å². The maximum Gasteiger partial charge on any atom is 0.339 e. The van der Waals surface area contributed by atoms with Gasteiger partial charge in [-0.05, 0) is 19.9 Å². The maximum absolute atomic E-state index is 11.5. The summed E-state index contributed by atoms with van der Waals surface area (Å²) in [6.45, 7) is 4.24. The second kappa shape index (κ2) is 3.69. The molecule has 14 heavy (non-hydrogen) atoms. The van der Waals surface area contributed by atoms with Crippen LogP contribution in [0.25, 0.3) is 0 Å². The molecule has 0 unspecified atom stereocenters. The summed E-state index contributed by atoms with van der Waals surface area (Å²) in [7, 11) is 0. The van der Waals surface area contributed by atoms with Gasteiger partial charge in [0, 0.05) is 17.1 Å². The Morgan fingerprint density at radius 2 is 2.50 bits per heavy atom. The van der Waals surface area contributed by atoms with Gasteiger partial charge >= 0.3 is 5.97 Å². The van der Waals surface area contributed by atoms with Crippen molar-refractivity contribution in [3.05, 3.63) is 23.0 Å². The molecular weight excluding hydrogens is 198 g/mol. The first-order valence-corrected chi connectivity index (χ1v) is 5.83. The van der Waals surface area contributed by atoms with E-state index in [0.29, 0.717) is 6.61 Å². The van der Waals surface area contributed by atoms with E-state index in [4.69, 9.17) is 4.74 Å². The molecule has 0 N–H and O–H groups in total.